The van der Waals surface area contributed by atoms with Crippen LogP contribution in [0.15, 0.2) is 109 Å². The van der Waals surface area contributed by atoms with Gasteiger partial charge in [-0.3, -0.25) is 0 Å². The van der Waals surface area contributed by atoms with E-state index in [-0.39, 0.29) is 0 Å². The number of hydrogen-bond donors (Lipinski definition) is 0. The predicted molar refractivity (Wildman–Crippen MR) is 159 cm³/mol. The van der Waals surface area contributed by atoms with Crippen LogP contribution in [-0.2, 0) is 6.42 Å². The van der Waals surface area contributed by atoms with Crippen molar-refractivity contribution in [3.63, 3.8) is 0 Å². The highest BCUT2D eigenvalue weighted by molar-refractivity contribution is 5.91. The van der Waals surface area contributed by atoms with Gasteiger partial charge in [-0.1, -0.05) is 78.0 Å². The summed E-state index contributed by atoms with van der Waals surface area (Å²) in [6.45, 7) is 0. The predicted octanol–water partition coefficient (Wildman–Crippen LogP) is 7.37. The molecule has 0 unspecified atom stereocenters. The van der Waals surface area contributed by atoms with E-state index in [2.05, 4.69) is 83.1 Å². The molecule has 0 amide bonds. The van der Waals surface area contributed by atoms with E-state index in [9.17, 15) is 0 Å². The summed E-state index contributed by atoms with van der Waals surface area (Å²) in [5, 5.41) is 13.7. The Labute approximate surface area is 231 Å². The number of hydrogen-bond acceptors (Lipinski definition) is 5. The lowest BCUT2D eigenvalue weighted by molar-refractivity contribution is 0.415. The molecule has 0 fully saturated rings. The molecule has 0 saturated carbocycles. The molecule has 7 aromatic rings. The Morgan fingerprint density at radius 2 is 1.27 bits per heavy atom. The van der Waals surface area contributed by atoms with E-state index in [0.29, 0.717) is 6.42 Å². The zero-order chi connectivity index (χ0) is 27.1. The summed E-state index contributed by atoms with van der Waals surface area (Å²) < 4.78 is 12.7. The Balaban J connectivity index is 1.36. The average Bonchev–Trinajstić information content (AvgIpc) is 3.45. The van der Waals surface area contributed by atoms with E-state index in [1.165, 1.54) is 0 Å². The van der Waals surface area contributed by atoms with Gasteiger partial charge in [-0.2, -0.15) is 4.52 Å². The molecule has 194 valence electrons. The van der Waals surface area contributed by atoms with E-state index in [4.69, 9.17) is 14.5 Å². The quantitative estimate of drug-likeness (QED) is 0.228. The lowest BCUT2D eigenvalue weighted by atomic mass is 10.0. The van der Waals surface area contributed by atoms with Crippen molar-refractivity contribution in [2.45, 2.75) is 6.42 Å². The van der Waals surface area contributed by atoms with Crippen LogP contribution in [0.4, 0.5) is 0 Å². The number of nitrogens with zero attached hydrogens (tertiary/aromatic N) is 4. The first kappa shape index (κ1) is 23.9. The maximum absolute atomic E-state index is 5.40. The minimum Gasteiger partial charge on any atom is -0.497 e. The van der Waals surface area contributed by atoms with E-state index in [1.807, 2.05) is 40.9 Å². The number of benzene rings is 5. The van der Waals surface area contributed by atoms with Crippen molar-refractivity contribution in [1.82, 2.24) is 19.8 Å². The number of ether oxygens (including phenoxy) is 2. The molecule has 40 heavy (non-hydrogen) atoms. The monoisotopic (exact) mass is 522 g/mol. The van der Waals surface area contributed by atoms with Gasteiger partial charge in [-0.15, -0.1) is 5.10 Å². The molecule has 6 heteroatoms. The third-order valence-electron chi connectivity index (χ3n) is 7.34. The highest BCUT2D eigenvalue weighted by Gasteiger charge is 2.16. The summed E-state index contributed by atoms with van der Waals surface area (Å²) in [4.78, 5) is 5.08. The normalized spacial score (nSPS) is 11.3. The van der Waals surface area contributed by atoms with Crippen molar-refractivity contribution in [3.05, 3.63) is 121 Å². The second kappa shape index (κ2) is 9.82. The first-order valence-corrected chi connectivity index (χ1v) is 13.1. The van der Waals surface area contributed by atoms with Crippen molar-refractivity contribution in [2.75, 3.05) is 14.2 Å². The average molecular weight is 523 g/mol. The molecule has 7 rings (SSSR count). The van der Waals surface area contributed by atoms with Gasteiger partial charge in [0.25, 0.3) is 0 Å². The van der Waals surface area contributed by atoms with Crippen LogP contribution in [0.25, 0.3) is 49.6 Å². The van der Waals surface area contributed by atoms with Crippen LogP contribution in [0.5, 0.6) is 11.5 Å². The van der Waals surface area contributed by atoms with Gasteiger partial charge in [0, 0.05) is 17.5 Å². The third kappa shape index (κ3) is 4.29. The van der Waals surface area contributed by atoms with Crippen LogP contribution in [0.1, 0.15) is 11.4 Å². The van der Waals surface area contributed by atoms with Gasteiger partial charge in [-0.05, 0) is 63.5 Å². The molecule has 0 radical (unpaired) electrons. The SMILES string of the molecule is COc1ccc2cc(Cc3nc(-c4ccccc4)cc4c(-c5ccc6cc(OC)ccc6c5)nnn34)ccc2c1. The van der Waals surface area contributed by atoms with Crippen LogP contribution >= 0.6 is 0 Å². The molecular weight excluding hydrogens is 496 g/mol. The maximum Gasteiger partial charge on any atom is 0.137 e. The zero-order valence-electron chi connectivity index (χ0n) is 22.2. The lowest BCUT2D eigenvalue weighted by Crippen LogP contribution is -2.05. The van der Waals surface area contributed by atoms with E-state index in [1.54, 1.807) is 14.2 Å². The van der Waals surface area contributed by atoms with Gasteiger partial charge in [0.15, 0.2) is 0 Å². The molecule has 0 spiro atoms. The Morgan fingerprint density at radius 1 is 0.625 bits per heavy atom. The van der Waals surface area contributed by atoms with Crippen LogP contribution < -0.4 is 9.47 Å². The van der Waals surface area contributed by atoms with Gasteiger partial charge in [0.1, 0.15) is 23.0 Å². The van der Waals surface area contributed by atoms with Gasteiger partial charge < -0.3 is 9.47 Å². The summed E-state index contributed by atoms with van der Waals surface area (Å²) in [6, 6.07) is 37.4. The van der Waals surface area contributed by atoms with Crippen LogP contribution in [0.3, 0.4) is 0 Å². The van der Waals surface area contributed by atoms with Crippen molar-refractivity contribution >= 4 is 27.1 Å². The lowest BCUT2D eigenvalue weighted by Gasteiger charge is -2.10. The highest BCUT2D eigenvalue weighted by atomic mass is 16.5. The topological polar surface area (TPSA) is 61.5 Å². The van der Waals surface area contributed by atoms with Gasteiger partial charge >= 0.3 is 0 Å². The summed E-state index contributed by atoms with van der Waals surface area (Å²) in [6.07, 6.45) is 0.611. The molecule has 6 nitrogen and oxygen atoms in total. The van der Waals surface area contributed by atoms with Gasteiger partial charge in [0.05, 0.1) is 25.4 Å². The van der Waals surface area contributed by atoms with E-state index < -0.39 is 0 Å². The molecule has 0 aliphatic carbocycles. The number of aromatic nitrogens is 4. The molecule has 5 aromatic carbocycles. The molecule has 0 aliphatic heterocycles. The fourth-order valence-electron chi connectivity index (χ4n) is 5.23. The van der Waals surface area contributed by atoms with Crippen LogP contribution in [0.2, 0.25) is 0 Å². The smallest absolute Gasteiger partial charge is 0.137 e. The standard InChI is InChI=1S/C34H26N4O2/c1-39-29-14-12-24-16-22(8-9-26(24)19-29)17-33-35-31(23-6-4-3-5-7-23)21-32-34(36-37-38(32)33)28-11-10-27-20-30(40-2)15-13-25(27)18-28/h3-16,18-21H,17H2,1-2H3. The molecule has 0 N–H and O–H groups in total. The fourth-order valence-corrected chi connectivity index (χ4v) is 5.23. The highest BCUT2D eigenvalue weighted by Crippen LogP contribution is 2.31. The molecule has 0 saturated heterocycles. The Kier molecular flexibility index (Phi) is 5.86. The maximum atomic E-state index is 5.40. The summed E-state index contributed by atoms with van der Waals surface area (Å²) in [5.74, 6) is 2.51. The molecule has 0 atom stereocenters. The van der Waals surface area contributed by atoms with Crippen LogP contribution in [0, 0.1) is 0 Å². The Morgan fingerprint density at radius 3 is 2.00 bits per heavy atom. The number of fused-ring (bicyclic) bond motifs is 3. The van der Waals surface area contributed by atoms with Crippen molar-refractivity contribution in [1.29, 1.82) is 0 Å². The zero-order valence-corrected chi connectivity index (χ0v) is 22.2. The van der Waals surface area contributed by atoms with E-state index in [0.717, 1.165) is 72.5 Å². The summed E-state index contributed by atoms with van der Waals surface area (Å²) in [7, 11) is 3.37. The third-order valence-corrected chi connectivity index (χ3v) is 7.34. The molecule has 2 heterocycles. The van der Waals surface area contributed by atoms with Crippen molar-refractivity contribution in [2.24, 2.45) is 0 Å². The molecule has 0 aliphatic rings. The minimum atomic E-state index is 0.611. The first-order chi connectivity index (χ1) is 19.7. The number of rotatable bonds is 6. The number of methoxy groups -OCH3 is 2. The molecular formula is C34H26N4O2. The fraction of sp³-hybridized carbons (Fsp3) is 0.0882. The van der Waals surface area contributed by atoms with Crippen LogP contribution in [-0.4, -0.2) is 34.0 Å². The van der Waals surface area contributed by atoms with Crippen molar-refractivity contribution in [3.8, 4) is 34.0 Å². The Hall–Kier alpha value is -5.23. The van der Waals surface area contributed by atoms with Gasteiger partial charge in [-0.25, -0.2) is 4.98 Å². The molecule has 0 bridgehead atoms. The summed E-state index contributed by atoms with van der Waals surface area (Å²) in [5.41, 5.74) is 5.83. The Bertz CT molecular complexity index is 2010. The summed E-state index contributed by atoms with van der Waals surface area (Å²) >= 11 is 0. The minimum absolute atomic E-state index is 0.611. The first-order valence-electron chi connectivity index (χ1n) is 13.1. The van der Waals surface area contributed by atoms with Crippen molar-refractivity contribution < 1.29 is 9.47 Å². The molecule has 2 aromatic heterocycles. The van der Waals surface area contributed by atoms with E-state index >= 15 is 0 Å². The second-order valence-corrected chi connectivity index (χ2v) is 9.81. The largest absolute Gasteiger partial charge is 0.497 e. The second-order valence-electron chi connectivity index (χ2n) is 9.81. The van der Waals surface area contributed by atoms with Gasteiger partial charge in [0.2, 0.25) is 0 Å².